The molecule has 0 N–H and O–H groups in total. The molecule has 1 aromatic rings. The Labute approximate surface area is 152 Å². The number of carbonyl (C=O) groups is 2. The van der Waals surface area contributed by atoms with E-state index in [1.807, 2.05) is 0 Å². The van der Waals surface area contributed by atoms with Gasteiger partial charge in [0.25, 0.3) is 0 Å². The highest BCUT2D eigenvalue weighted by molar-refractivity contribution is 9.10. The lowest BCUT2D eigenvalue weighted by molar-refractivity contribution is -0.139. The molecular weight excluding hydrogens is 397 g/mol. The fourth-order valence-electron chi connectivity index (χ4n) is 2.28. The van der Waals surface area contributed by atoms with Crippen molar-refractivity contribution in [3.63, 3.8) is 0 Å². The number of hydrogen-bond donors (Lipinski definition) is 0. The predicted molar refractivity (Wildman–Crippen MR) is 92.5 cm³/mol. The van der Waals surface area contributed by atoms with Gasteiger partial charge in [0, 0.05) is 12.3 Å². The molecule has 0 aliphatic carbocycles. The molecule has 1 aliphatic heterocycles. The number of esters is 2. The lowest BCUT2D eigenvalue weighted by Gasteiger charge is -2.25. The lowest BCUT2D eigenvalue weighted by Crippen LogP contribution is -2.27. The molecule has 8 heteroatoms. The highest BCUT2D eigenvalue weighted by atomic mass is 79.9. The third kappa shape index (κ3) is 3.74. The molecule has 0 bridgehead atoms. The van der Waals surface area contributed by atoms with Crippen LogP contribution in [0.15, 0.2) is 52.3 Å². The fourth-order valence-corrected chi connectivity index (χ4v) is 2.86. The molecule has 132 valence electrons. The number of rotatable bonds is 4. The van der Waals surface area contributed by atoms with Gasteiger partial charge in [0.15, 0.2) is 5.75 Å². The number of ether oxygens (including phenoxy) is 3. The summed E-state index contributed by atoms with van der Waals surface area (Å²) in [4.78, 5) is 25.8. The van der Waals surface area contributed by atoms with E-state index >= 15 is 0 Å². The van der Waals surface area contributed by atoms with Crippen LogP contribution in [-0.2, 0) is 19.1 Å². The summed E-state index contributed by atoms with van der Waals surface area (Å²) < 4.78 is 29.1. The minimum atomic E-state index is -0.793. The largest absolute Gasteiger partial charge is 0.493 e. The van der Waals surface area contributed by atoms with Crippen molar-refractivity contribution in [2.24, 2.45) is 0 Å². The number of benzene rings is 1. The maximum absolute atomic E-state index is 14.0. The van der Waals surface area contributed by atoms with Gasteiger partial charge in [-0.05, 0) is 34.1 Å². The van der Waals surface area contributed by atoms with E-state index in [4.69, 9.17) is 14.2 Å². The lowest BCUT2D eigenvalue weighted by atomic mass is 10.1. The molecule has 0 saturated carbocycles. The zero-order valence-electron chi connectivity index (χ0n) is 13.7. The van der Waals surface area contributed by atoms with Crippen LogP contribution >= 0.6 is 15.9 Å². The molecule has 0 spiro atoms. The molecule has 0 atom stereocenters. The number of carbonyl (C=O) groups excluding carboxylic acids is 2. The Balaban J connectivity index is 2.78. The topological polar surface area (TPSA) is 65.1 Å². The SMILES string of the molecule is COC(=O)C1=C(C(=O)OC)N(c2cc(F)cc(Br)c2OC)C=CC=C1. The summed E-state index contributed by atoms with van der Waals surface area (Å²) in [6.45, 7) is 0. The van der Waals surface area contributed by atoms with Crippen LogP contribution in [0.4, 0.5) is 10.1 Å². The number of hydrogen-bond acceptors (Lipinski definition) is 6. The van der Waals surface area contributed by atoms with Crippen molar-refractivity contribution in [2.75, 3.05) is 26.2 Å². The zero-order valence-corrected chi connectivity index (χ0v) is 15.3. The first-order valence-electron chi connectivity index (χ1n) is 7.02. The summed E-state index contributed by atoms with van der Waals surface area (Å²) in [5.74, 6) is -1.81. The quantitative estimate of drug-likeness (QED) is 0.709. The Bertz CT molecular complexity index is 800. The van der Waals surface area contributed by atoms with E-state index in [0.29, 0.717) is 4.47 Å². The van der Waals surface area contributed by atoms with Crippen LogP contribution in [0.3, 0.4) is 0 Å². The minimum absolute atomic E-state index is 0.0400. The van der Waals surface area contributed by atoms with Crippen molar-refractivity contribution < 1.29 is 28.2 Å². The normalized spacial score (nSPS) is 13.6. The Kier molecular flexibility index (Phi) is 5.97. The molecule has 2 rings (SSSR count). The van der Waals surface area contributed by atoms with Crippen LogP contribution in [0, 0.1) is 5.82 Å². The summed E-state index contributed by atoms with van der Waals surface area (Å²) in [7, 11) is 3.78. The van der Waals surface area contributed by atoms with Crippen LogP contribution < -0.4 is 9.64 Å². The van der Waals surface area contributed by atoms with E-state index < -0.39 is 17.8 Å². The van der Waals surface area contributed by atoms with Gasteiger partial charge in [0.05, 0.1) is 37.1 Å². The summed E-state index contributed by atoms with van der Waals surface area (Å²) in [5.41, 5.74) is 0.0352. The first kappa shape index (κ1) is 18.7. The molecule has 1 aliphatic rings. The molecule has 1 aromatic carbocycles. The first-order chi connectivity index (χ1) is 11.9. The predicted octanol–water partition coefficient (Wildman–Crippen LogP) is 3.09. The maximum atomic E-state index is 14.0. The summed E-state index contributed by atoms with van der Waals surface area (Å²) >= 11 is 3.22. The van der Waals surface area contributed by atoms with Gasteiger partial charge in [-0.25, -0.2) is 14.0 Å². The van der Waals surface area contributed by atoms with Crippen LogP contribution in [0.1, 0.15) is 0 Å². The third-order valence-electron chi connectivity index (χ3n) is 3.34. The minimum Gasteiger partial charge on any atom is -0.493 e. The fraction of sp³-hybridized carbons (Fsp3) is 0.176. The van der Waals surface area contributed by atoms with Crippen molar-refractivity contribution in [2.45, 2.75) is 0 Å². The number of halogens is 2. The zero-order chi connectivity index (χ0) is 18.6. The second-order valence-electron chi connectivity index (χ2n) is 4.76. The van der Waals surface area contributed by atoms with E-state index in [1.54, 1.807) is 12.2 Å². The van der Waals surface area contributed by atoms with Gasteiger partial charge in [0.2, 0.25) is 0 Å². The van der Waals surface area contributed by atoms with Crippen molar-refractivity contribution in [3.8, 4) is 5.75 Å². The first-order valence-corrected chi connectivity index (χ1v) is 7.82. The van der Waals surface area contributed by atoms with Crippen LogP contribution in [0.25, 0.3) is 0 Å². The van der Waals surface area contributed by atoms with Gasteiger partial charge in [-0.3, -0.25) is 0 Å². The van der Waals surface area contributed by atoms with Gasteiger partial charge in [0.1, 0.15) is 11.5 Å². The molecule has 0 amide bonds. The van der Waals surface area contributed by atoms with Crippen molar-refractivity contribution in [1.29, 1.82) is 0 Å². The van der Waals surface area contributed by atoms with Gasteiger partial charge < -0.3 is 19.1 Å². The second-order valence-corrected chi connectivity index (χ2v) is 5.61. The highest BCUT2D eigenvalue weighted by Crippen LogP contribution is 2.39. The second kappa shape index (κ2) is 7.98. The molecule has 0 fully saturated rings. The van der Waals surface area contributed by atoms with Gasteiger partial charge >= 0.3 is 11.9 Å². The molecule has 6 nitrogen and oxygen atoms in total. The van der Waals surface area contributed by atoms with E-state index in [9.17, 15) is 14.0 Å². The summed E-state index contributed by atoms with van der Waals surface area (Å²) in [6, 6.07) is 2.40. The Hall–Kier alpha value is -2.61. The molecule has 0 unspecified atom stereocenters. The smallest absolute Gasteiger partial charge is 0.355 e. The Morgan fingerprint density at radius 2 is 1.76 bits per heavy atom. The molecule has 0 radical (unpaired) electrons. The third-order valence-corrected chi connectivity index (χ3v) is 3.93. The molecule has 1 heterocycles. The summed E-state index contributed by atoms with van der Waals surface area (Å²) in [5, 5.41) is 0. The van der Waals surface area contributed by atoms with Gasteiger partial charge in [-0.15, -0.1) is 0 Å². The molecule has 25 heavy (non-hydrogen) atoms. The average Bonchev–Trinajstić information content (AvgIpc) is 2.82. The van der Waals surface area contributed by atoms with E-state index in [1.165, 1.54) is 50.6 Å². The van der Waals surface area contributed by atoms with Crippen molar-refractivity contribution >= 4 is 33.6 Å². The maximum Gasteiger partial charge on any atom is 0.355 e. The van der Waals surface area contributed by atoms with Crippen LogP contribution in [0.2, 0.25) is 0 Å². The van der Waals surface area contributed by atoms with Crippen molar-refractivity contribution in [3.05, 3.63) is 58.1 Å². The standard InChI is InChI=1S/C17H15BrFNO5/c1-23-15-12(18)8-10(19)9-13(15)20-7-5-4-6-11(16(21)24-2)14(20)17(22)25-3/h4-9H,1-3H3. The number of nitrogens with zero attached hydrogens (tertiary/aromatic N) is 1. The van der Waals surface area contributed by atoms with Gasteiger partial charge in [-0.1, -0.05) is 6.08 Å². The van der Waals surface area contributed by atoms with Gasteiger partial charge in [-0.2, -0.15) is 0 Å². The van der Waals surface area contributed by atoms with E-state index in [2.05, 4.69) is 15.9 Å². The van der Waals surface area contributed by atoms with E-state index in [-0.39, 0.29) is 22.7 Å². The number of methoxy groups -OCH3 is 3. The van der Waals surface area contributed by atoms with Crippen LogP contribution in [0.5, 0.6) is 5.75 Å². The molecule has 0 aromatic heterocycles. The molecule has 0 saturated heterocycles. The molecular formula is C17H15BrFNO5. The average molecular weight is 412 g/mol. The highest BCUT2D eigenvalue weighted by Gasteiger charge is 2.29. The Morgan fingerprint density at radius 1 is 1.08 bits per heavy atom. The Morgan fingerprint density at radius 3 is 2.36 bits per heavy atom. The van der Waals surface area contributed by atoms with Crippen molar-refractivity contribution in [1.82, 2.24) is 0 Å². The monoisotopic (exact) mass is 411 g/mol. The number of allylic oxidation sites excluding steroid dienone is 2. The number of anilines is 1. The van der Waals surface area contributed by atoms with E-state index in [0.717, 1.165) is 0 Å². The van der Waals surface area contributed by atoms with Crippen LogP contribution in [-0.4, -0.2) is 33.3 Å². The summed E-state index contributed by atoms with van der Waals surface area (Å²) in [6.07, 6.45) is 6.03.